The molecule has 9 nitrogen and oxygen atoms in total. The van der Waals surface area contributed by atoms with Gasteiger partial charge >= 0.3 is 13.8 Å². The van der Waals surface area contributed by atoms with Crippen molar-refractivity contribution in [2.75, 3.05) is 33.0 Å². The first-order valence-corrected chi connectivity index (χ1v) is 22.0. The van der Waals surface area contributed by atoms with E-state index in [4.69, 9.17) is 24.3 Å². The minimum Gasteiger partial charge on any atom is -0.457 e. The quantitative estimate of drug-likeness (QED) is 0.0184. The predicted molar refractivity (Wildman–Crippen MR) is 221 cm³/mol. The lowest BCUT2D eigenvalue weighted by Crippen LogP contribution is -2.29. The monoisotopic (exact) mass is 766 g/mol. The summed E-state index contributed by atoms with van der Waals surface area (Å²) in [5.41, 5.74) is 5.35. The molecule has 0 radical (unpaired) electrons. The third-order valence-corrected chi connectivity index (χ3v) is 9.24. The van der Waals surface area contributed by atoms with E-state index in [1.54, 1.807) is 12.2 Å². The van der Waals surface area contributed by atoms with Crippen LogP contribution >= 0.6 is 7.82 Å². The van der Waals surface area contributed by atoms with Gasteiger partial charge in [0, 0.05) is 19.6 Å². The van der Waals surface area contributed by atoms with Crippen molar-refractivity contribution in [2.24, 2.45) is 5.73 Å². The molecule has 0 bridgehead atoms. The summed E-state index contributed by atoms with van der Waals surface area (Å²) in [4.78, 5) is 22.4. The molecular formula is C43H76NO8P. The summed E-state index contributed by atoms with van der Waals surface area (Å²) in [6.45, 7) is 4.46. The van der Waals surface area contributed by atoms with E-state index < -0.39 is 26.0 Å². The zero-order valence-electron chi connectivity index (χ0n) is 33.3. The fourth-order valence-corrected chi connectivity index (χ4v) is 5.99. The molecule has 0 saturated heterocycles. The number of carbonyl (C=O) groups excluding carboxylic acids is 1. The normalized spacial score (nSPS) is 14.9. The van der Waals surface area contributed by atoms with Gasteiger partial charge in [-0.2, -0.15) is 0 Å². The van der Waals surface area contributed by atoms with Gasteiger partial charge in [0.25, 0.3) is 0 Å². The van der Waals surface area contributed by atoms with Crippen LogP contribution in [0.15, 0.2) is 72.9 Å². The van der Waals surface area contributed by atoms with E-state index in [0.717, 1.165) is 51.4 Å². The maximum atomic E-state index is 12.6. The van der Waals surface area contributed by atoms with Crippen LogP contribution in [-0.2, 0) is 27.9 Å². The Kier molecular flexibility index (Phi) is 38.0. The van der Waals surface area contributed by atoms with Crippen molar-refractivity contribution in [1.82, 2.24) is 0 Å². The SMILES string of the molecule is CC/C=C\C/C=C\C/C=C\C/C=C\C/C=C\C=C\C(O)CCC(=O)OC(COCCCCCCCCCCCCCCCC)COP(=O)(O)OCCN. The van der Waals surface area contributed by atoms with Crippen molar-refractivity contribution >= 4 is 13.8 Å². The third-order valence-electron chi connectivity index (χ3n) is 8.26. The number of carbonyl (C=O) groups is 1. The van der Waals surface area contributed by atoms with Gasteiger partial charge in [-0.15, -0.1) is 0 Å². The number of ether oxygens (including phenoxy) is 2. The molecule has 0 rings (SSSR count). The summed E-state index contributed by atoms with van der Waals surface area (Å²) in [6.07, 6.45) is 45.3. The first-order valence-electron chi connectivity index (χ1n) is 20.5. The summed E-state index contributed by atoms with van der Waals surface area (Å²) in [6, 6.07) is 0. The Morgan fingerprint density at radius 3 is 1.70 bits per heavy atom. The number of esters is 1. The van der Waals surface area contributed by atoms with E-state index in [2.05, 4.69) is 62.5 Å². The zero-order chi connectivity index (χ0) is 38.9. The predicted octanol–water partition coefficient (Wildman–Crippen LogP) is 10.9. The van der Waals surface area contributed by atoms with Gasteiger partial charge in [-0.25, -0.2) is 4.57 Å². The summed E-state index contributed by atoms with van der Waals surface area (Å²) in [5, 5.41) is 10.3. The summed E-state index contributed by atoms with van der Waals surface area (Å²) in [7, 11) is -4.34. The van der Waals surface area contributed by atoms with Crippen LogP contribution in [-0.4, -0.2) is 61.1 Å². The van der Waals surface area contributed by atoms with Gasteiger partial charge in [0.1, 0.15) is 6.10 Å². The smallest absolute Gasteiger partial charge is 0.457 e. The molecular weight excluding hydrogens is 689 g/mol. The van der Waals surface area contributed by atoms with Gasteiger partial charge in [-0.05, 0) is 44.9 Å². The zero-order valence-corrected chi connectivity index (χ0v) is 34.2. The molecule has 4 N–H and O–H groups in total. The summed E-state index contributed by atoms with van der Waals surface area (Å²) >= 11 is 0. The lowest BCUT2D eigenvalue weighted by molar-refractivity contribution is -0.155. The summed E-state index contributed by atoms with van der Waals surface area (Å²) < 4.78 is 33.2. The molecule has 306 valence electrons. The second-order valence-corrected chi connectivity index (χ2v) is 14.8. The molecule has 0 aromatic carbocycles. The second-order valence-electron chi connectivity index (χ2n) is 13.3. The topological polar surface area (TPSA) is 138 Å². The molecule has 53 heavy (non-hydrogen) atoms. The van der Waals surface area contributed by atoms with E-state index in [-0.39, 0.29) is 39.2 Å². The molecule has 0 aliphatic heterocycles. The Labute approximate surface area is 323 Å². The van der Waals surface area contributed by atoms with Crippen molar-refractivity contribution in [3.8, 4) is 0 Å². The van der Waals surface area contributed by atoms with Crippen LogP contribution in [0.4, 0.5) is 0 Å². The number of nitrogens with two attached hydrogens (primary N) is 1. The van der Waals surface area contributed by atoms with Gasteiger partial charge < -0.3 is 25.2 Å². The average Bonchev–Trinajstić information content (AvgIpc) is 3.14. The van der Waals surface area contributed by atoms with Gasteiger partial charge in [0.15, 0.2) is 0 Å². The number of aliphatic hydroxyl groups excluding tert-OH is 1. The molecule has 3 atom stereocenters. The number of phosphoric ester groups is 1. The molecule has 0 spiro atoms. The van der Waals surface area contributed by atoms with E-state index in [1.165, 1.54) is 70.6 Å². The molecule has 0 saturated carbocycles. The number of hydrogen-bond donors (Lipinski definition) is 3. The lowest BCUT2D eigenvalue weighted by Gasteiger charge is -2.20. The molecule has 0 aromatic rings. The molecule has 0 heterocycles. The van der Waals surface area contributed by atoms with Gasteiger partial charge in [-0.1, -0.05) is 170 Å². The van der Waals surface area contributed by atoms with Crippen LogP contribution in [0.2, 0.25) is 0 Å². The molecule has 0 amide bonds. The lowest BCUT2D eigenvalue weighted by atomic mass is 10.0. The first kappa shape index (κ1) is 50.9. The standard InChI is InChI=1S/C43H76NO8P/c1-3-5-7-9-11-13-15-17-19-20-21-23-25-27-29-31-33-41(45)34-35-43(46)52-42(40-51-53(47,48)50-38-36-44)39-49-37-32-30-28-26-24-22-18-16-14-12-10-8-6-4-2/h5,7,11,13,17,19,21,23,27,29,31,33,41-42,45H,3-4,6,8-10,12,14-16,18,20,22,24-26,28,30,32,34-40,44H2,1-2H3,(H,47,48)/b7-5-,13-11-,19-17-,23-21-,29-27-,33-31+. The highest BCUT2D eigenvalue weighted by Crippen LogP contribution is 2.43. The van der Waals surface area contributed by atoms with E-state index in [0.29, 0.717) is 6.61 Å². The number of phosphoric acid groups is 1. The van der Waals surface area contributed by atoms with Gasteiger partial charge in [0.2, 0.25) is 0 Å². The number of aliphatic hydroxyl groups is 1. The fourth-order valence-electron chi connectivity index (χ4n) is 5.22. The highest BCUT2D eigenvalue weighted by molar-refractivity contribution is 7.47. The van der Waals surface area contributed by atoms with Crippen LogP contribution in [0.25, 0.3) is 0 Å². The number of rotatable bonds is 38. The van der Waals surface area contributed by atoms with Crippen LogP contribution in [0.1, 0.15) is 149 Å². The highest BCUT2D eigenvalue weighted by atomic mass is 31.2. The van der Waals surface area contributed by atoms with Crippen LogP contribution in [0.3, 0.4) is 0 Å². The van der Waals surface area contributed by atoms with Crippen molar-refractivity contribution in [2.45, 2.75) is 161 Å². The highest BCUT2D eigenvalue weighted by Gasteiger charge is 2.25. The van der Waals surface area contributed by atoms with Crippen LogP contribution in [0.5, 0.6) is 0 Å². The Morgan fingerprint density at radius 2 is 1.17 bits per heavy atom. The molecule has 3 unspecified atom stereocenters. The maximum absolute atomic E-state index is 12.6. The van der Waals surface area contributed by atoms with Crippen molar-refractivity contribution in [1.29, 1.82) is 0 Å². The Bertz CT molecular complexity index is 1050. The fraction of sp³-hybridized carbons (Fsp3) is 0.698. The number of allylic oxidation sites excluding steroid dienone is 11. The minimum atomic E-state index is -4.34. The van der Waals surface area contributed by atoms with E-state index in [9.17, 15) is 19.4 Å². The van der Waals surface area contributed by atoms with Crippen molar-refractivity contribution in [3.05, 3.63) is 72.9 Å². The Hall–Kier alpha value is -2.10. The number of hydrogen-bond acceptors (Lipinski definition) is 8. The molecule has 0 aliphatic rings. The van der Waals surface area contributed by atoms with Gasteiger partial charge in [-0.3, -0.25) is 13.8 Å². The van der Waals surface area contributed by atoms with E-state index >= 15 is 0 Å². The largest absolute Gasteiger partial charge is 0.472 e. The van der Waals surface area contributed by atoms with Crippen molar-refractivity contribution < 1.29 is 37.9 Å². The average molecular weight is 766 g/mol. The first-order chi connectivity index (χ1) is 25.8. The third kappa shape index (κ3) is 39.4. The maximum Gasteiger partial charge on any atom is 0.472 e. The number of unbranched alkanes of at least 4 members (excludes halogenated alkanes) is 13. The van der Waals surface area contributed by atoms with Gasteiger partial charge in [0.05, 0.1) is 25.9 Å². The summed E-state index contributed by atoms with van der Waals surface area (Å²) in [5.74, 6) is -0.559. The molecule has 0 fully saturated rings. The minimum absolute atomic E-state index is 0.0214. The Morgan fingerprint density at radius 1 is 0.660 bits per heavy atom. The molecule has 10 heteroatoms. The molecule has 0 aromatic heterocycles. The second kappa shape index (κ2) is 39.6. The molecule has 0 aliphatic carbocycles. The van der Waals surface area contributed by atoms with Crippen LogP contribution < -0.4 is 5.73 Å². The van der Waals surface area contributed by atoms with Crippen LogP contribution in [0, 0.1) is 0 Å². The Balaban J connectivity index is 4.33. The van der Waals surface area contributed by atoms with Crippen molar-refractivity contribution in [3.63, 3.8) is 0 Å². The van der Waals surface area contributed by atoms with E-state index in [1.807, 2.05) is 12.2 Å².